The first-order valence-electron chi connectivity index (χ1n) is 27.8. The Morgan fingerprint density at radius 1 is 0.312 bits per heavy atom. The molecule has 4 aliphatic heterocycles. The number of benzene rings is 11. The molecular formula is C72H50B2N2O4. The molecular weight excluding hydrogens is 978 g/mol. The van der Waals surface area contributed by atoms with Crippen LogP contribution in [0.3, 0.4) is 0 Å². The molecule has 8 heteroatoms. The number of hydrogen-bond acceptors (Lipinski definition) is 6. The maximum atomic E-state index is 7.32. The molecule has 378 valence electrons. The van der Waals surface area contributed by atoms with Crippen molar-refractivity contribution in [3.8, 4) is 68.2 Å². The van der Waals surface area contributed by atoms with Crippen LogP contribution in [-0.4, -0.2) is 13.4 Å². The van der Waals surface area contributed by atoms with Crippen molar-refractivity contribution in [3.63, 3.8) is 0 Å². The van der Waals surface area contributed by atoms with Gasteiger partial charge >= 0.3 is 0 Å². The first-order valence-corrected chi connectivity index (χ1v) is 27.8. The minimum Gasteiger partial charge on any atom is -0.458 e. The van der Waals surface area contributed by atoms with Crippen LogP contribution in [0.2, 0.25) is 0 Å². The highest BCUT2D eigenvalue weighted by Crippen LogP contribution is 2.54. The Balaban J connectivity index is 0.855. The summed E-state index contributed by atoms with van der Waals surface area (Å²) >= 11 is 0. The molecule has 0 spiro atoms. The molecule has 11 aromatic carbocycles. The van der Waals surface area contributed by atoms with Gasteiger partial charge in [-0.25, -0.2) is 0 Å². The number of anilines is 6. The Labute approximate surface area is 466 Å². The van der Waals surface area contributed by atoms with Gasteiger partial charge in [0, 0.05) is 75.3 Å². The van der Waals surface area contributed by atoms with E-state index < -0.39 is 0 Å². The third kappa shape index (κ3) is 6.39. The minimum absolute atomic E-state index is 0.181. The quantitative estimate of drug-likeness (QED) is 0.155. The van der Waals surface area contributed by atoms with Gasteiger partial charge in [-0.15, -0.1) is 0 Å². The van der Waals surface area contributed by atoms with Crippen LogP contribution in [0.15, 0.2) is 231 Å². The van der Waals surface area contributed by atoms with Gasteiger partial charge in [-0.2, -0.15) is 0 Å². The van der Waals surface area contributed by atoms with E-state index in [-0.39, 0.29) is 24.3 Å². The van der Waals surface area contributed by atoms with Crippen LogP contribution in [0, 0.1) is 0 Å². The Morgan fingerprint density at radius 3 is 1.18 bits per heavy atom. The van der Waals surface area contributed by atoms with Crippen molar-refractivity contribution >= 4 is 80.3 Å². The second kappa shape index (κ2) is 16.4. The molecule has 0 unspecified atom stereocenters. The molecule has 17 rings (SSSR count). The van der Waals surface area contributed by atoms with E-state index >= 15 is 0 Å². The molecule has 2 aliphatic carbocycles. The van der Waals surface area contributed by atoms with Gasteiger partial charge in [0.1, 0.15) is 46.0 Å². The highest BCUT2D eigenvalue weighted by atomic mass is 16.5. The molecule has 0 atom stereocenters. The average molecular weight is 1030 g/mol. The summed E-state index contributed by atoms with van der Waals surface area (Å²) in [4.78, 5) is 4.86. The summed E-state index contributed by atoms with van der Waals surface area (Å²) in [6.45, 7) is 9.03. The third-order valence-corrected chi connectivity index (χ3v) is 18.0. The fourth-order valence-corrected chi connectivity index (χ4v) is 14.4. The number of ether oxygens (including phenoxy) is 4. The zero-order valence-electron chi connectivity index (χ0n) is 44.6. The Bertz CT molecular complexity index is 4200. The summed E-state index contributed by atoms with van der Waals surface area (Å²) in [6.07, 6.45) is 0. The number of hydrogen-bond donors (Lipinski definition) is 0. The van der Waals surface area contributed by atoms with Crippen LogP contribution in [0.5, 0.6) is 46.0 Å². The topological polar surface area (TPSA) is 43.4 Å². The van der Waals surface area contributed by atoms with Crippen molar-refractivity contribution in [1.29, 1.82) is 0 Å². The molecule has 0 N–H and O–H groups in total. The Morgan fingerprint density at radius 2 is 0.713 bits per heavy atom. The van der Waals surface area contributed by atoms with E-state index in [1.54, 1.807) is 0 Å². The molecule has 0 fully saturated rings. The highest BCUT2D eigenvalue weighted by Gasteiger charge is 2.48. The monoisotopic (exact) mass is 1030 g/mol. The molecule has 6 aliphatic rings. The number of fused-ring (bicyclic) bond motifs is 14. The molecule has 6 nitrogen and oxygen atoms in total. The first-order chi connectivity index (χ1) is 39.2. The van der Waals surface area contributed by atoms with Gasteiger partial charge in [-0.1, -0.05) is 167 Å². The van der Waals surface area contributed by atoms with Crippen LogP contribution >= 0.6 is 0 Å². The highest BCUT2D eigenvalue weighted by molar-refractivity contribution is 7.02. The van der Waals surface area contributed by atoms with Gasteiger partial charge in [0.05, 0.1) is 0 Å². The van der Waals surface area contributed by atoms with Crippen molar-refractivity contribution in [3.05, 3.63) is 253 Å². The number of nitrogens with zero attached hydrogens (tertiary/aromatic N) is 2. The standard InChI is InChI=1S/C72H50B2N2O4/c1-71(2)53-25-13-11-23-49(53)51-33-31-43(35-55(51)71)75-61-29-17-15-27-57(61)73-59-41-60-66(42-65(59)79-67-39-47(37-63(75)69(67)73)77-45-19-7-5-8-20-45)80-68-40-48(78-46-21-9-6-10-22-46)38-64-70(68)74(60)58-28-16-18-30-62(58)76(64)44-32-34-52-50-24-12-14-26-54(50)72(3,4)56(52)36-44/h5-42H,1-4H3. The summed E-state index contributed by atoms with van der Waals surface area (Å²) < 4.78 is 28.1. The van der Waals surface area contributed by atoms with Gasteiger partial charge < -0.3 is 28.7 Å². The zero-order valence-corrected chi connectivity index (χ0v) is 44.6. The molecule has 0 aromatic heterocycles. The maximum absolute atomic E-state index is 7.32. The van der Waals surface area contributed by atoms with E-state index in [4.69, 9.17) is 18.9 Å². The van der Waals surface area contributed by atoms with Crippen molar-refractivity contribution in [2.75, 3.05) is 9.80 Å². The Hall–Kier alpha value is -9.65. The van der Waals surface area contributed by atoms with Crippen LogP contribution in [0.4, 0.5) is 34.1 Å². The van der Waals surface area contributed by atoms with Gasteiger partial charge in [0.25, 0.3) is 13.4 Å². The molecule has 0 radical (unpaired) electrons. The predicted molar refractivity (Wildman–Crippen MR) is 326 cm³/mol. The lowest BCUT2D eigenvalue weighted by Gasteiger charge is -2.42. The van der Waals surface area contributed by atoms with Crippen LogP contribution in [-0.2, 0) is 10.8 Å². The third-order valence-electron chi connectivity index (χ3n) is 18.0. The van der Waals surface area contributed by atoms with Gasteiger partial charge in [0.2, 0.25) is 0 Å². The molecule has 4 heterocycles. The van der Waals surface area contributed by atoms with E-state index in [0.29, 0.717) is 11.5 Å². The van der Waals surface area contributed by atoms with Gasteiger partial charge in [-0.3, -0.25) is 0 Å². The second-order valence-electron chi connectivity index (χ2n) is 23.1. The smallest absolute Gasteiger partial charge is 0.256 e. The van der Waals surface area contributed by atoms with Crippen molar-refractivity contribution in [2.24, 2.45) is 0 Å². The molecule has 0 amide bonds. The molecule has 0 bridgehead atoms. The molecule has 0 saturated heterocycles. The first kappa shape index (κ1) is 45.4. The fourth-order valence-electron chi connectivity index (χ4n) is 14.4. The van der Waals surface area contributed by atoms with E-state index in [2.05, 4.69) is 207 Å². The van der Waals surface area contributed by atoms with E-state index in [0.717, 1.165) is 90.5 Å². The van der Waals surface area contributed by atoms with Crippen molar-refractivity contribution in [2.45, 2.75) is 38.5 Å². The SMILES string of the molecule is CC1(C)c2ccccc2-c2ccc(N3c4ccccc4B4c5cc6c(cc5Oc5cc(Oc7ccccc7)cc3c54)Oc3cc(Oc4ccccc4)cc4c3B6c3ccccc3N4c3ccc4c(c3)C(C)(C)c3ccccc3-4)cc21. The number of para-hydroxylation sites is 4. The van der Waals surface area contributed by atoms with Gasteiger partial charge in [-0.05, 0) is 138 Å². The lowest BCUT2D eigenvalue weighted by molar-refractivity contribution is 0.451. The summed E-state index contributed by atoms with van der Waals surface area (Å²) in [5.41, 5.74) is 23.3. The van der Waals surface area contributed by atoms with Gasteiger partial charge in [0.15, 0.2) is 0 Å². The van der Waals surface area contributed by atoms with Crippen molar-refractivity contribution < 1.29 is 18.9 Å². The average Bonchev–Trinajstić information content (AvgIpc) is 3.96. The fraction of sp³-hybridized carbons (Fsp3) is 0.0833. The van der Waals surface area contributed by atoms with Crippen LogP contribution < -0.4 is 61.5 Å². The normalized spacial score (nSPS) is 15.1. The minimum atomic E-state index is -0.185. The zero-order chi connectivity index (χ0) is 53.2. The molecule has 11 aromatic rings. The second-order valence-corrected chi connectivity index (χ2v) is 23.1. The lowest BCUT2D eigenvalue weighted by atomic mass is 9.31. The number of rotatable bonds is 6. The van der Waals surface area contributed by atoms with Crippen LogP contribution in [0.25, 0.3) is 22.3 Å². The predicted octanol–water partition coefficient (Wildman–Crippen LogP) is 14.7. The summed E-state index contributed by atoms with van der Waals surface area (Å²) in [7, 11) is 0. The largest absolute Gasteiger partial charge is 0.458 e. The van der Waals surface area contributed by atoms with E-state index in [1.165, 1.54) is 55.4 Å². The van der Waals surface area contributed by atoms with E-state index in [9.17, 15) is 0 Å². The summed E-state index contributed by atoms with van der Waals surface area (Å²) in [6, 6.07) is 82.6. The van der Waals surface area contributed by atoms with E-state index in [1.807, 2.05) is 60.7 Å². The lowest BCUT2D eigenvalue weighted by Crippen LogP contribution is -2.63. The molecule has 0 saturated carbocycles. The van der Waals surface area contributed by atoms with Crippen LogP contribution in [0.1, 0.15) is 49.9 Å². The summed E-state index contributed by atoms with van der Waals surface area (Å²) in [5.74, 6) is 5.86. The molecule has 80 heavy (non-hydrogen) atoms. The maximum Gasteiger partial charge on any atom is 0.256 e. The Kier molecular flexibility index (Phi) is 9.33. The summed E-state index contributed by atoms with van der Waals surface area (Å²) in [5, 5.41) is 0. The van der Waals surface area contributed by atoms with Crippen molar-refractivity contribution in [1.82, 2.24) is 0 Å².